The molecule has 132 valence electrons. The van der Waals surface area contributed by atoms with Crippen molar-refractivity contribution in [1.82, 2.24) is 0 Å². The molecule has 2 aliphatic heterocycles. The summed E-state index contributed by atoms with van der Waals surface area (Å²) < 4.78 is 17.2. The van der Waals surface area contributed by atoms with E-state index in [1.54, 1.807) is 0 Å². The number of hydrogen-bond donors (Lipinski definition) is 0. The summed E-state index contributed by atoms with van der Waals surface area (Å²) >= 11 is 0. The van der Waals surface area contributed by atoms with Gasteiger partial charge in [0.05, 0.1) is 12.5 Å². The van der Waals surface area contributed by atoms with Gasteiger partial charge in [-0.05, 0) is 51.4 Å². The number of rotatable bonds is 6. The topological polar surface area (TPSA) is 44.8 Å². The van der Waals surface area contributed by atoms with Crippen molar-refractivity contribution in [2.24, 2.45) is 11.8 Å². The third-order valence-electron chi connectivity index (χ3n) is 5.27. The summed E-state index contributed by atoms with van der Waals surface area (Å²) in [6.07, 6.45) is 12.1. The predicted octanol–water partition coefficient (Wildman–Crippen LogP) is 3.60. The van der Waals surface area contributed by atoms with E-state index < -0.39 is 0 Å². The lowest BCUT2D eigenvalue weighted by Crippen LogP contribution is -2.27. The van der Waals surface area contributed by atoms with Gasteiger partial charge in [0.2, 0.25) is 0 Å². The Hall–Kier alpha value is -1.31. The van der Waals surface area contributed by atoms with Crippen LogP contribution in [0.15, 0.2) is 12.2 Å². The summed E-state index contributed by atoms with van der Waals surface area (Å²) in [5.41, 5.74) is 0. The molecule has 0 aromatic carbocycles. The number of carbonyl (C=O) groups is 1. The van der Waals surface area contributed by atoms with Gasteiger partial charge in [0.25, 0.3) is 0 Å². The second kappa shape index (κ2) is 8.69. The Morgan fingerprint density at radius 2 is 2.25 bits per heavy atom. The highest BCUT2D eigenvalue weighted by molar-refractivity contribution is 5.72. The van der Waals surface area contributed by atoms with Gasteiger partial charge in [-0.1, -0.05) is 12.2 Å². The van der Waals surface area contributed by atoms with E-state index in [1.165, 1.54) is 6.42 Å². The van der Waals surface area contributed by atoms with Crippen LogP contribution in [0.4, 0.5) is 0 Å². The lowest BCUT2D eigenvalue weighted by atomic mass is 9.92. The molecule has 2 heterocycles. The largest absolute Gasteiger partial charge is 0.462 e. The standard InChI is InChI=1S/C20H28O4/c1-2-3-4-7-16(23-20-8-5-6-13-22-20)11-9-15-10-12-18-17(15)14-19(21)24-18/h9,11,15-18,20H,4-8,10,12-14H2,1H3/b11-9+/t15-,16-,17+,18-,20?/m0/s1. The van der Waals surface area contributed by atoms with E-state index in [0.29, 0.717) is 18.3 Å². The van der Waals surface area contributed by atoms with Crippen molar-refractivity contribution >= 4 is 5.97 Å². The van der Waals surface area contributed by atoms with Crippen molar-refractivity contribution in [3.05, 3.63) is 12.2 Å². The quantitative estimate of drug-likeness (QED) is 0.423. The van der Waals surface area contributed by atoms with Crippen LogP contribution < -0.4 is 0 Å². The molecule has 0 radical (unpaired) electrons. The first-order chi connectivity index (χ1) is 11.8. The minimum absolute atomic E-state index is 0.0334. The third kappa shape index (κ3) is 4.62. The van der Waals surface area contributed by atoms with Crippen LogP contribution in [-0.2, 0) is 19.0 Å². The number of carbonyl (C=O) groups excluding carboxylic acids is 1. The normalized spacial score (nSPS) is 33.8. The fourth-order valence-electron chi connectivity index (χ4n) is 3.97. The lowest BCUT2D eigenvalue weighted by molar-refractivity contribution is -0.179. The first-order valence-electron chi connectivity index (χ1n) is 9.30. The lowest BCUT2D eigenvalue weighted by Gasteiger charge is -2.26. The zero-order valence-electron chi connectivity index (χ0n) is 14.5. The van der Waals surface area contributed by atoms with Crippen molar-refractivity contribution in [3.8, 4) is 11.8 Å². The molecule has 0 bridgehead atoms. The maximum atomic E-state index is 11.5. The minimum Gasteiger partial charge on any atom is -0.462 e. The smallest absolute Gasteiger partial charge is 0.306 e. The van der Waals surface area contributed by atoms with Gasteiger partial charge in [-0.25, -0.2) is 0 Å². The van der Waals surface area contributed by atoms with E-state index in [0.717, 1.165) is 45.1 Å². The van der Waals surface area contributed by atoms with Gasteiger partial charge < -0.3 is 14.2 Å². The van der Waals surface area contributed by atoms with Gasteiger partial charge in [0, 0.05) is 18.9 Å². The minimum atomic E-state index is -0.0873. The van der Waals surface area contributed by atoms with Crippen LogP contribution in [0.3, 0.4) is 0 Å². The number of ether oxygens (including phenoxy) is 3. The van der Waals surface area contributed by atoms with E-state index >= 15 is 0 Å². The van der Waals surface area contributed by atoms with E-state index in [2.05, 4.69) is 24.0 Å². The number of hydrogen-bond acceptors (Lipinski definition) is 4. The zero-order chi connectivity index (χ0) is 16.8. The highest BCUT2D eigenvalue weighted by atomic mass is 16.7. The van der Waals surface area contributed by atoms with Crippen LogP contribution in [-0.4, -0.2) is 31.1 Å². The van der Waals surface area contributed by atoms with Gasteiger partial charge in [0.1, 0.15) is 6.10 Å². The average Bonchev–Trinajstić information content (AvgIpc) is 3.13. The molecule has 1 unspecified atom stereocenters. The molecule has 4 nitrogen and oxygen atoms in total. The third-order valence-corrected chi connectivity index (χ3v) is 5.27. The second-order valence-electron chi connectivity index (χ2n) is 6.96. The Bertz CT molecular complexity index is 509. The Kier molecular flexibility index (Phi) is 6.34. The Morgan fingerprint density at radius 1 is 1.33 bits per heavy atom. The average molecular weight is 332 g/mol. The first-order valence-corrected chi connectivity index (χ1v) is 9.30. The molecule has 0 aromatic heterocycles. The highest BCUT2D eigenvalue weighted by Crippen LogP contribution is 2.41. The number of esters is 1. The molecular formula is C20H28O4. The van der Waals surface area contributed by atoms with Crippen molar-refractivity contribution in [2.45, 2.75) is 76.8 Å². The second-order valence-corrected chi connectivity index (χ2v) is 6.96. The SMILES string of the molecule is CC#CCC[C@@H](/C=C/[C@H]1CC[C@@H]2OC(=O)C[C@@H]21)OC1CCCCO1. The van der Waals surface area contributed by atoms with Crippen LogP contribution in [0.1, 0.15) is 58.3 Å². The van der Waals surface area contributed by atoms with Crippen molar-refractivity contribution in [3.63, 3.8) is 0 Å². The summed E-state index contributed by atoms with van der Waals surface area (Å²) in [7, 11) is 0. The summed E-state index contributed by atoms with van der Waals surface area (Å²) in [6.45, 7) is 2.66. The van der Waals surface area contributed by atoms with E-state index in [4.69, 9.17) is 14.2 Å². The Morgan fingerprint density at radius 3 is 3.04 bits per heavy atom. The van der Waals surface area contributed by atoms with Gasteiger partial charge >= 0.3 is 5.97 Å². The molecule has 24 heavy (non-hydrogen) atoms. The van der Waals surface area contributed by atoms with Gasteiger partial charge in [-0.3, -0.25) is 4.79 Å². The van der Waals surface area contributed by atoms with E-state index in [-0.39, 0.29) is 24.5 Å². The molecule has 5 atom stereocenters. The van der Waals surface area contributed by atoms with Crippen LogP contribution in [0, 0.1) is 23.7 Å². The van der Waals surface area contributed by atoms with Crippen LogP contribution in [0.25, 0.3) is 0 Å². The van der Waals surface area contributed by atoms with Gasteiger partial charge in [-0.15, -0.1) is 11.8 Å². The highest BCUT2D eigenvalue weighted by Gasteiger charge is 2.43. The fourth-order valence-corrected chi connectivity index (χ4v) is 3.97. The monoisotopic (exact) mass is 332 g/mol. The molecule has 0 amide bonds. The van der Waals surface area contributed by atoms with Gasteiger partial charge in [-0.2, -0.15) is 0 Å². The zero-order valence-corrected chi connectivity index (χ0v) is 14.5. The number of fused-ring (bicyclic) bond motifs is 1. The van der Waals surface area contributed by atoms with Crippen molar-refractivity contribution in [2.75, 3.05) is 6.61 Å². The Balaban J connectivity index is 1.57. The maximum absolute atomic E-state index is 11.5. The summed E-state index contributed by atoms with van der Waals surface area (Å²) in [5, 5.41) is 0. The van der Waals surface area contributed by atoms with E-state index in [1.807, 2.05) is 6.92 Å². The Labute approximate surface area is 144 Å². The summed E-state index contributed by atoms with van der Waals surface area (Å²) in [6, 6.07) is 0. The summed E-state index contributed by atoms with van der Waals surface area (Å²) in [4.78, 5) is 11.5. The summed E-state index contributed by atoms with van der Waals surface area (Å²) in [5.74, 6) is 6.81. The van der Waals surface area contributed by atoms with E-state index in [9.17, 15) is 4.79 Å². The van der Waals surface area contributed by atoms with Crippen LogP contribution in [0.2, 0.25) is 0 Å². The molecule has 3 aliphatic rings. The maximum Gasteiger partial charge on any atom is 0.306 e. The molecule has 1 saturated carbocycles. The van der Waals surface area contributed by atoms with Gasteiger partial charge in [0.15, 0.2) is 6.29 Å². The molecule has 3 fully saturated rings. The fraction of sp³-hybridized carbons (Fsp3) is 0.750. The molecule has 0 spiro atoms. The number of allylic oxidation sites excluding steroid dienone is 1. The molecular weight excluding hydrogens is 304 g/mol. The van der Waals surface area contributed by atoms with Crippen molar-refractivity contribution < 1.29 is 19.0 Å². The first kappa shape index (κ1) is 17.5. The van der Waals surface area contributed by atoms with Crippen LogP contribution >= 0.6 is 0 Å². The molecule has 2 saturated heterocycles. The molecule has 3 rings (SSSR count). The van der Waals surface area contributed by atoms with Crippen molar-refractivity contribution in [1.29, 1.82) is 0 Å². The molecule has 1 aliphatic carbocycles. The predicted molar refractivity (Wildman–Crippen MR) is 91.0 cm³/mol. The molecule has 4 heteroatoms. The molecule has 0 N–H and O–H groups in total. The van der Waals surface area contributed by atoms with Crippen LogP contribution in [0.5, 0.6) is 0 Å². The molecule has 0 aromatic rings.